The molecule has 2 rings (SSSR count). The molecule has 0 saturated heterocycles. The molecule has 0 bridgehead atoms. The first kappa shape index (κ1) is 24.4. The molecular formula is C15H10F6KNO3S. The van der Waals surface area contributed by atoms with Gasteiger partial charge in [-0.3, -0.25) is 0 Å². The van der Waals surface area contributed by atoms with Gasteiger partial charge in [-0.2, -0.15) is 26.3 Å². The van der Waals surface area contributed by atoms with Gasteiger partial charge in [0.25, 0.3) is 5.60 Å². The van der Waals surface area contributed by atoms with Gasteiger partial charge in [-0.15, -0.1) is 5.69 Å². The molecular weight excluding hydrogens is 427 g/mol. The van der Waals surface area contributed by atoms with Gasteiger partial charge in [0.1, 0.15) is 10.0 Å². The molecule has 0 aliphatic carbocycles. The number of benzene rings is 2. The van der Waals surface area contributed by atoms with Gasteiger partial charge in [0.05, 0.1) is 4.90 Å². The number of rotatable bonds is 4. The van der Waals surface area contributed by atoms with Crippen LogP contribution in [0.5, 0.6) is 0 Å². The van der Waals surface area contributed by atoms with Crippen LogP contribution in [-0.4, -0.2) is 25.9 Å². The minimum absolute atomic E-state index is 0. The van der Waals surface area contributed by atoms with Crippen LogP contribution in [0.3, 0.4) is 0 Å². The summed E-state index contributed by atoms with van der Waals surface area (Å²) in [5, 5.41) is 9.26. The van der Waals surface area contributed by atoms with Gasteiger partial charge in [-0.1, -0.05) is 42.5 Å². The minimum Gasteiger partial charge on any atom is -0.573 e. The minimum atomic E-state index is -6.03. The number of aliphatic hydroxyl groups is 1. The number of nitrogens with zero attached hydrogens (tertiary/aromatic N) is 1. The van der Waals surface area contributed by atoms with Crippen molar-refractivity contribution in [2.24, 2.45) is 0 Å². The van der Waals surface area contributed by atoms with Crippen molar-refractivity contribution in [3.05, 3.63) is 64.9 Å². The van der Waals surface area contributed by atoms with Crippen molar-refractivity contribution in [2.45, 2.75) is 22.8 Å². The summed E-state index contributed by atoms with van der Waals surface area (Å²) in [5.41, 5.74) is -6.99. The summed E-state index contributed by atoms with van der Waals surface area (Å²) in [6.45, 7) is 0. The van der Waals surface area contributed by atoms with Crippen molar-refractivity contribution in [1.82, 2.24) is 0 Å². The largest absolute Gasteiger partial charge is 1.00 e. The molecule has 12 heteroatoms. The molecule has 0 aliphatic heterocycles. The molecule has 2 aromatic rings. The topological polar surface area (TPSA) is 68.5 Å². The molecule has 0 fully saturated rings. The SMILES string of the molecule is O=S(=O)([N-]c1ccc(C(O)(C(F)(F)F)C(F)(F)F)cc1)c1ccccc1.[K+]. The smallest absolute Gasteiger partial charge is 0.573 e. The third-order valence-corrected chi connectivity index (χ3v) is 4.69. The predicted octanol–water partition coefficient (Wildman–Crippen LogP) is 1.40. The Kier molecular flexibility index (Phi) is 7.58. The van der Waals surface area contributed by atoms with Crippen LogP contribution >= 0.6 is 0 Å². The zero-order valence-electron chi connectivity index (χ0n) is 13.6. The van der Waals surface area contributed by atoms with Gasteiger partial charge in [0.2, 0.25) is 0 Å². The maximum Gasteiger partial charge on any atom is 1.00 e. The summed E-state index contributed by atoms with van der Waals surface area (Å²) in [6.07, 6.45) is -12.1. The Balaban J connectivity index is 0.00000364. The van der Waals surface area contributed by atoms with E-state index in [0.717, 1.165) is 0 Å². The van der Waals surface area contributed by atoms with E-state index in [4.69, 9.17) is 0 Å². The molecule has 4 nitrogen and oxygen atoms in total. The fourth-order valence-corrected chi connectivity index (χ4v) is 3.04. The van der Waals surface area contributed by atoms with Crippen LogP contribution < -0.4 is 51.4 Å². The van der Waals surface area contributed by atoms with E-state index in [2.05, 4.69) is 4.72 Å². The van der Waals surface area contributed by atoms with E-state index < -0.39 is 39.2 Å². The second kappa shape index (κ2) is 8.39. The van der Waals surface area contributed by atoms with Gasteiger partial charge < -0.3 is 9.83 Å². The number of hydrogen-bond donors (Lipinski definition) is 1. The Morgan fingerprint density at radius 3 is 1.63 bits per heavy atom. The van der Waals surface area contributed by atoms with Gasteiger partial charge in [-0.25, -0.2) is 8.42 Å². The monoisotopic (exact) mass is 437 g/mol. The van der Waals surface area contributed by atoms with Gasteiger partial charge in [0, 0.05) is 5.56 Å². The van der Waals surface area contributed by atoms with Gasteiger partial charge in [0.15, 0.2) is 0 Å². The van der Waals surface area contributed by atoms with Crippen molar-refractivity contribution in [3.8, 4) is 0 Å². The average Bonchev–Trinajstić information content (AvgIpc) is 2.53. The average molecular weight is 437 g/mol. The molecule has 0 heterocycles. The van der Waals surface area contributed by atoms with Crippen molar-refractivity contribution < 1.29 is 91.3 Å². The van der Waals surface area contributed by atoms with E-state index in [1.807, 2.05) is 0 Å². The predicted molar refractivity (Wildman–Crippen MR) is 79.1 cm³/mol. The molecule has 0 amide bonds. The van der Waals surface area contributed by atoms with E-state index in [1.54, 1.807) is 6.07 Å². The van der Waals surface area contributed by atoms with E-state index in [0.29, 0.717) is 24.3 Å². The van der Waals surface area contributed by atoms with Crippen molar-refractivity contribution in [1.29, 1.82) is 0 Å². The van der Waals surface area contributed by atoms with Crippen LogP contribution in [0, 0.1) is 0 Å². The standard InChI is InChI=1S/C15H10F6NO3S.K/c16-14(17,18)13(23,15(19,20)21)10-6-8-11(9-7-10)22-26(24,25)12-4-2-1-3-5-12;/h1-9,23H;/q-1;+1. The normalized spacial score (nSPS) is 13.0. The van der Waals surface area contributed by atoms with Crippen LogP contribution in [0.15, 0.2) is 59.5 Å². The van der Waals surface area contributed by atoms with Crippen LogP contribution in [0.1, 0.15) is 5.56 Å². The van der Waals surface area contributed by atoms with E-state index in [9.17, 15) is 39.9 Å². The number of halogens is 6. The summed E-state index contributed by atoms with van der Waals surface area (Å²) in [7, 11) is -4.20. The maximum absolute atomic E-state index is 12.8. The summed E-state index contributed by atoms with van der Waals surface area (Å²) < 4.78 is 104. The summed E-state index contributed by atoms with van der Waals surface area (Å²) in [5.74, 6) is 0. The third kappa shape index (κ3) is 5.05. The van der Waals surface area contributed by atoms with E-state index in [1.165, 1.54) is 24.3 Å². The Labute approximate surface area is 193 Å². The molecule has 0 unspecified atom stereocenters. The van der Waals surface area contributed by atoms with E-state index in [-0.39, 0.29) is 56.3 Å². The van der Waals surface area contributed by atoms with Crippen LogP contribution in [0.25, 0.3) is 4.72 Å². The first-order valence-electron chi connectivity index (χ1n) is 6.78. The quantitative estimate of drug-likeness (QED) is 0.581. The summed E-state index contributed by atoms with van der Waals surface area (Å²) >= 11 is 0. The van der Waals surface area contributed by atoms with Crippen molar-refractivity contribution >= 4 is 15.7 Å². The van der Waals surface area contributed by atoms with Gasteiger partial charge in [-0.05, 0) is 12.1 Å². The second-order valence-corrected chi connectivity index (χ2v) is 6.74. The maximum atomic E-state index is 12.8. The Morgan fingerprint density at radius 1 is 0.778 bits per heavy atom. The number of hydrogen-bond acceptors (Lipinski definition) is 3. The third-order valence-electron chi connectivity index (χ3n) is 3.37. The van der Waals surface area contributed by atoms with Crippen LogP contribution in [-0.2, 0) is 15.6 Å². The molecule has 0 radical (unpaired) electrons. The molecule has 27 heavy (non-hydrogen) atoms. The first-order valence-corrected chi connectivity index (χ1v) is 8.22. The Hall–Kier alpha value is -0.634. The molecule has 1 N–H and O–H groups in total. The van der Waals surface area contributed by atoms with Crippen molar-refractivity contribution in [3.63, 3.8) is 0 Å². The van der Waals surface area contributed by atoms with Crippen LogP contribution in [0.4, 0.5) is 32.0 Å². The Bertz CT molecular complexity index is 853. The summed E-state index contributed by atoms with van der Waals surface area (Å²) in [6, 6.07) is 8.73. The fourth-order valence-electron chi connectivity index (χ4n) is 2.04. The molecule has 0 saturated carbocycles. The number of sulfonamides is 1. The Morgan fingerprint density at radius 2 is 1.22 bits per heavy atom. The molecule has 0 atom stereocenters. The molecule has 0 spiro atoms. The number of alkyl halides is 6. The zero-order valence-corrected chi connectivity index (χ0v) is 17.5. The zero-order chi connectivity index (χ0) is 19.8. The fraction of sp³-hybridized carbons (Fsp3) is 0.200. The summed E-state index contributed by atoms with van der Waals surface area (Å²) in [4.78, 5) is -0.203. The molecule has 2 aromatic carbocycles. The molecule has 0 aliphatic rings. The first-order chi connectivity index (χ1) is 11.8. The molecule has 142 valence electrons. The molecule has 0 aromatic heterocycles. The van der Waals surface area contributed by atoms with E-state index >= 15 is 0 Å². The van der Waals surface area contributed by atoms with Crippen molar-refractivity contribution in [2.75, 3.05) is 0 Å². The van der Waals surface area contributed by atoms with Crippen LogP contribution in [0.2, 0.25) is 0 Å². The van der Waals surface area contributed by atoms with Gasteiger partial charge >= 0.3 is 63.7 Å². The second-order valence-electron chi connectivity index (χ2n) is 5.13.